The van der Waals surface area contributed by atoms with Gasteiger partial charge in [-0.25, -0.2) is 16.8 Å². The van der Waals surface area contributed by atoms with Crippen molar-refractivity contribution >= 4 is 132 Å². The average molecular weight is 1560 g/mol. The number of ketones is 3. The molecule has 1 aliphatic carbocycles. The maximum absolute atomic E-state index is 11.8. The number of benzene rings is 2. The van der Waals surface area contributed by atoms with Gasteiger partial charge in [-0.3, -0.25) is 42.9 Å². The summed E-state index contributed by atoms with van der Waals surface area (Å²) in [6, 6.07) is 27.5. The van der Waals surface area contributed by atoms with E-state index in [0.29, 0.717) is 56.4 Å². The van der Waals surface area contributed by atoms with Crippen molar-refractivity contribution in [3.63, 3.8) is 0 Å². The van der Waals surface area contributed by atoms with Gasteiger partial charge < -0.3 is 48.4 Å². The molecule has 0 amide bonds. The van der Waals surface area contributed by atoms with Crippen molar-refractivity contribution in [3.05, 3.63) is 157 Å². The van der Waals surface area contributed by atoms with Gasteiger partial charge in [-0.15, -0.1) is 0 Å². The number of rotatable bonds is 20. The standard InChI is InChI=1S/C20H22N2O4S.C13H16BrN3O2.C9H10BrNO2.C7H9BO4S.C7H8BrNO.C5H11NO2.C4H8O2/c1-4-26-20(23)13-22-19(10-14(2)21-22)17-9-8-16(11-17)15-6-5-7-18(12-15)27(3,24)25;1-4-19-13(18)8-17-11(7-9(2)15-17)10-5-6-12(14)16(10)3;1-6(12)5-8(13)7-3-4-9(10)11(7)2;1-13(11,12)7-4-2-3-6(5-7)8(9)10;1-5(10)6-3-4-7(8)9(6)2;1-2-8-5(7)3-4-6;1-3-6-4(2)5/h5-10,12H,4,11,13H2,1-3H3;5-7H,4,8H2,1-3H3;3-4H,5H2,1-2H3;2-5,9-10H,1H3;3-4H,1-2H3;2-4,6H2,1H3;3H2,1-2H3. The third kappa shape index (κ3) is 29.0. The van der Waals surface area contributed by atoms with Crippen LogP contribution in [0.25, 0.3) is 22.5 Å². The molecule has 31 heteroatoms. The summed E-state index contributed by atoms with van der Waals surface area (Å²) in [5, 5.41) is 26.3. The minimum atomic E-state index is -3.28. The Morgan fingerprint density at radius 2 is 1.01 bits per heavy atom. The van der Waals surface area contributed by atoms with Gasteiger partial charge in [-0.05, 0) is 191 Å². The fourth-order valence-electron chi connectivity index (χ4n) is 8.41. The van der Waals surface area contributed by atoms with Gasteiger partial charge in [0.1, 0.15) is 18.9 Å². The SMILES string of the molecule is CC(=O)CC(=O)c1ccc(Br)n1C.CC(=O)c1ccc(Br)n1C.CCOC(=O)CCN.CCOC(=O)Cn1nc(C)cc1-c1ccc(Br)n1C.CCOC(=O)Cn1nc(C)cc1C1=CC=C(c2cccc(S(C)(=O)=O)c2)C1.CCOC(C)=O.CS(=O)(=O)c1cccc(B(O)O)c1. The van der Waals surface area contributed by atoms with Crippen molar-refractivity contribution in [1.29, 1.82) is 0 Å². The van der Waals surface area contributed by atoms with Crippen LogP contribution in [0.3, 0.4) is 0 Å². The van der Waals surface area contributed by atoms with Crippen molar-refractivity contribution in [2.75, 3.05) is 45.5 Å². The summed E-state index contributed by atoms with van der Waals surface area (Å²) in [5.41, 5.74) is 13.9. The molecule has 0 saturated heterocycles. The Labute approximate surface area is 586 Å². The van der Waals surface area contributed by atoms with Gasteiger partial charge in [0, 0.05) is 60.5 Å². The topological polar surface area (TPSA) is 342 Å². The van der Waals surface area contributed by atoms with E-state index in [9.17, 15) is 50.4 Å². The molecule has 0 bridgehead atoms. The highest BCUT2D eigenvalue weighted by atomic mass is 79.9. The van der Waals surface area contributed by atoms with Gasteiger partial charge in [0.05, 0.1) is 103 Å². The van der Waals surface area contributed by atoms with Crippen LogP contribution < -0.4 is 11.2 Å². The number of aromatic nitrogens is 7. The third-order valence-electron chi connectivity index (χ3n) is 12.9. The highest BCUT2D eigenvalue weighted by Crippen LogP contribution is 2.35. The number of sulfone groups is 2. The maximum atomic E-state index is 11.8. The molecule has 0 aliphatic heterocycles. The summed E-state index contributed by atoms with van der Waals surface area (Å²) in [6.45, 7) is 17.5. The number of allylic oxidation sites excluding steroid dienone is 4. The lowest BCUT2D eigenvalue weighted by atomic mass is 9.80. The number of carbonyl (C=O) groups is 7. The van der Waals surface area contributed by atoms with Crippen LogP contribution in [0.2, 0.25) is 0 Å². The summed E-state index contributed by atoms with van der Waals surface area (Å²) < 4.78 is 76.2. The second-order valence-electron chi connectivity index (χ2n) is 20.8. The smallest absolute Gasteiger partial charge is 0.466 e. The number of carbonyl (C=O) groups excluding carboxylic acids is 7. The van der Waals surface area contributed by atoms with Crippen LogP contribution in [-0.4, -0.2) is 154 Å². The number of hydrogen-bond donors (Lipinski definition) is 3. The number of Topliss-reactive ketones (excluding diaryl/α,β-unsaturated/α-hetero) is 3. The highest BCUT2D eigenvalue weighted by molar-refractivity contribution is 9.11. The van der Waals surface area contributed by atoms with Crippen LogP contribution in [0.4, 0.5) is 0 Å². The maximum Gasteiger partial charge on any atom is 0.488 e. The molecule has 5 aromatic heterocycles. The van der Waals surface area contributed by atoms with E-state index in [0.717, 1.165) is 70.9 Å². The molecule has 0 atom stereocenters. The highest BCUT2D eigenvalue weighted by Gasteiger charge is 2.21. The molecule has 8 rings (SSSR count). The molecule has 25 nitrogen and oxygen atoms in total. The van der Waals surface area contributed by atoms with Crippen molar-refractivity contribution in [2.45, 2.75) is 104 Å². The normalized spacial score (nSPS) is 11.2. The summed E-state index contributed by atoms with van der Waals surface area (Å²) in [6.07, 6.45) is 7.18. The molecule has 522 valence electrons. The first-order chi connectivity index (χ1) is 44.9. The minimum Gasteiger partial charge on any atom is -0.466 e. The molecular formula is C65H84BBr3N8O17S2. The Morgan fingerprint density at radius 1 is 0.562 bits per heavy atom. The van der Waals surface area contributed by atoms with Crippen LogP contribution >= 0.6 is 47.8 Å². The van der Waals surface area contributed by atoms with E-state index < -0.39 is 26.8 Å². The zero-order valence-electron chi connectivity index (χ0n) is 56.2. The van der Waals surface area contributed by atoms with Crippen LogP contribution in [0.15, 0.2) is 133 Å². The number of ether oxygens (including phenoxy) is 4. The van der Waals surface area contributed by atoms with Gasteiger partial charge in [0.2, 0.25) is 0 Å². The summed E-state index contributed by atoms with van der Waals surface area (Å²) in [7, 11) is -2.59. The molecule has 5 heterocycles. The summed E-state index contributed by atoms with van der Waals surface area (Å²) >= 11 is 10.0. The van der Waals surface area contributed by atoms with Gasteiger partial charge in [0.25, 0.3) is 0 Å². The van der Waals surface area contributed by atoms with E-state index in [2.05, 4.69) is 67.5 Å². The Bertz CT molecular complexity index is 4080. The Hall–Kier alpha value is -7.65. The average Bonchev–Trinajstić information content (AvgIpc) is 1.63. The third-order valence-corrected chi connectivity index (χ3v) is 17.5. The van der Waals surface area contributed by atoms with Crippen LogP contribution in [0, 0.1) is 13.8 Å². The fourth-order valence-corrected chi connectivity index (χ4v) is 10.7. The monoisotopic (exact) mass is 1560 g/mol. The number of esters is 4. The van der Waals surface area contributed by atoms with Gasteiger partial charge in [0.15, 0.2) is 31.2 Å². The predicted octanol–water partition coefficient (Wildman–Crippen LogP) is 8.73. The number of nitrogens with zero attached hydrogens (tertiary/aromatic N) is 7. The Balaban J connectivity index is 0.000000402. The molecule has 7 aromatic rings. The zero-order chi connectivity index (χ0) is 72.8. The van der Waals surface area contributed by atoms with E-state index in [4.69, 9.17) is 25.3 Å². The molecule has 0 fully saturated rings. The number of aryl methyl sites for hydroxylation is 2. The first-order valence-corrected chi connectivity index (χ1v) is 35.8. The lowest BCUT2D eigenvalue weighted by Crippen LogP contribution is -2.30. The van der Waals surface area contributed by atoms with Crippen molar-refractivity contribution in [2.24, 2.45) is 26.9 Å². The molecule has 4 N–H and O–H groups in total. The van der Waals surface area contributed by atoms with Gasteiger partial charge >= 0.3 is 31.0 Å². The van der Waals surface area contributed by atoms with Crippen LogP contribution in [0.1, 0.15) is 111 Å². The Kier molecular flexibility index (Phi) is 36.5. The first-order valence-electron chi connectivity index (χ1n) is 29.7. The second kappa shape index (κ2) is 41.5. The molecular weight excluding hydrogens is 1480 g/mol. The van der Waals surface area contributed by atoms with E-state index in [1.807, 2.05) is 85.6 Å². The van der Waals surface area contributed by atoms with Crippen LogP contribution in [0.5, 0.6) is 0 Å². The van der Waals surface area contributed by atoms with E-state index in [-0.39, 0.29) is 71.1 Å². The fraction of sp³-hybridized carbons (Fsp3) is 0.369. The molecule has 0 saturated carbocycles. The minimum absolute atomic E-state index is 0.0235. The molecule has 0 unspecified atom stereocenters. The summed E-state index contributed by atoms with van der Waals surface area (Å²) in [5.74, 6) is -1.18. The van der Waals surface area contributed by atoms with E-state index >= 15 is 0 Å². The lowest BCUT2D eigenvalue weighted by molar-refractivity contribution is -0.145. The van der Waals surface area contributed by atoms with Gasteiger partial charge in [-0.2, -0.15) is 10.2 Å². The molecule has 96 heavy (non-hydrogen) atoms. The van der Waals surface area contributed by atoms with Gasteiger partial charge in [-0.1, -0.05) is 36.4 Å². The largest absolute Gasteiger partial charge is 0.488 e. The number of hydrogen-bond acceptors (Lipinski definition) is 20. The van der Waals surface area contributed by atoms with Crippen molar-refractivity contribution < 1.29 is 79.4 Å². The molecule has 2 aromatic carbocycles. The van der Waals surface area contributed by atoms with Crippen molar-refractivity contribution in [3.8, 4) is 11.4 Å². The lowest BCUT2D eigenvalue weighted by Gasteiger charge is -2.10. The second-order valence-corrected chi connectivity index (χ2v) is 27.2. The van der Waals surface area contributed by atoms with Crippen LogP contribution in [-0.2, 0) is 96.8 Å². The number of nitrogens with two attached hydrogens (primary N) is 1. The molecule has 0 spiro atoms. The number of halogens is 3. The summed E-state index contributed by atoms with van der Waals surface area (Å²) in [4.78, 5) is 76.9. The Morgan fingerprint density at radius 3 is 1.42 bits per heavy atom. The van der Waals surface area contributed by atoms with Crippen molar-refractivity contribution in [1.82, 2.24) is 33.3 Å². The predicted molar refractivity (Wildman–Crippen MR) is 377 cm³/mol. The molecule has 1 aliphatic rings. The molecule has 0 radical (unpaired) electrons. The van der Waals surface area contributed by atoms with E-state index in [1.54, 1.807) is 92.0 Å². The van der Waals surface area contributed by atoms with E-state index in [1.165, 1.54) is 44.4 Å². The first kappa shape index (κ1) is 84.4. The quantitative estimate of drug-likeness (QED) is 0.0211. The zero-order valence-corrected chi connectivity index (χ0v) is 62.6.